The van der Waals surface area contributed by atoms with E-state index in [4.69, 9.17) is 0 Å². The standard InChI is InChI=1S/C9H7N5S2/c1-3-15-8(10-1)6-14-5-7(12-13-14)9-11-2-4-16-9/h1-5H,6H2. The quantitative estimate of drug-likeness (QED) is 0.711. The molecular weight excluding hydrogens is 242 g/mol. The van der Waals surface area contributed by atoms with Gasteiger partial charge in [0.05, 0.1) is 12.7 Å². The van der Waals surface area contributed by atoms with Crippen LogP contribution in [0.1, 0.15) is 5.01 Å². The van der Waals surface area contributed by atoms with Crippen molar-refractivity contribution in [2.45, 2.75) is 6.54 Å². The van der Waals surface area contributed by atoms with Crippen LogP contribution < -0.4 is 0 Å². The number of hydrogen-bond acceptors (Lipinski definition) is 6. The molecule has 0 aromatic carbocycles. The number of hydrogen-bond donors (Lipinski definition) is 0. The van der Waals surface area contributed by atoms with Gasteiger partial charge < -0.3 is 0 Å². The van der Waals surface area contributed by atoms with Crippen molar-refractivity contribution in [3.05, 3.63) is 34.4 Å². The van der Waals surface area contributed by atoms with E-state index in [2.05, 4.69) is 20.3 Å². The summed E-state index contributed by atoms with van der Waals surface area (Å²) in [5.74, 6) is 0. The van der Waals surface area contributed by atoms with Crippen molar-refractivity contribution in [2.24, 2.45) is 0 Å². The molecule has 3 heterocycles. The van der Waals surface area contributed by atoms with Crippen LogP contribution in [0.3, 0.4) is 0 Å². The Labute approximate surface area is 99.4 Å². The summed E-state index contributed by atoms with van der Waals surface area (Å²) in [6.45, 7) is 0.663. The van der Waals surface area contributed by atoms with Gasteiger partial charge in [0.25, 0.3) is 0 Å². The number of thiazole rings is 2. The maximum Gasteiger partial charge on any atom is 0.145 e. The van der Waals surface area contributed by atoms with E-state index in [0.717, 1.165) is 15.7 Å². The third-order valence-corrected chi connectivity index (χ3v) is 3.53. The zero-order valence-electron chi connectivity index (χ0n) is 8.15. The van der Waals surface area contributed by atoms with Crippen molar-refractivity contribution in [1.82, 2.24) is 25.0 Å². The van der Waals surface area contributed by atoms with Crippen molar-refractivity contribution < 1.29 is 0 Å². The lowest BCUT2D eigenvalue weighted by atomic mass is 10.5. The smallest absolute Gasteiger partial charge is 0.145 e. The van der Waals surface area contributed by atoms with Crippen molar-refractivity contribution >= 4 is 22.7 Å². The number of nitrogens with zero attached hydrogens (tertiary/aromatic N) is 5. The Bertz CT molecular complexity index is 555. The van der Waals surface area contributed by atoms with Crippen LogP contribution in [0.25, 0.3) is 10.7 Å². The molecule has 80 valence electrons. The molecule has 3 aromatic rings. The number of rotatable bonds is 3. The van der Waals surface area contributed by atoms with Gasteiger partial charge in [0.2, 0.25) is 0 Å². The SMILES string of the molecule is c1csc(Cn2cc(-c3nccs3)nn2)n1. The molecule has 0 spiro atoms. The third-order valence-electron chi connectivity index (χ3n) is 1.97. The summed E-state index contributed by atoms with van der Waals surface area (Å²) in [5, 5.41) is 13.9. The van der Waals surface area contributed by atoms with E-state index in [1.807, 2.05) is 17.0 Å². The molecule has 7 heteroatoms. The molecule has 0 aliphatic heterocycles. The first-order valence-corrected chi connectivity index (χ1v) is 6.36. The highest BCUT2D eigenvalue weighted by molar-refractivity contribution is 7.13. The third kappa shape index (κ3) is 1.86. The molecule has 0 amide bonds. The minimum absolute atomic E-state index is 0.663. The van der Waals surface area contributed by atoms with E-state index in [1.54, 1.807) is 39.7 Å². The minimum atomic E-state index is 0.663. The first-order chi connectivity index (χ1) is 7.92. The highest BCUT2D eigenvalue weighted by Crippen LogP contribution is 2.18. The Morgan fingerprint density at radius 1 is 1.12 bits per heavy atom. The number of aromatic nitrogens is 5. The fraction of sp³-hybridized carbons (Fsp3) is 0.111. The Hall–Kier alpha value is -1.60. The van der Waals surface area contributed by atoms with Gasteiger partial charge in [0.15, 0.2) is 0 Å². The molecule has 16 heavy (non-hydrogen) atoms. The lowest BCUT2D eigenvalue weighted by Crippen LogP contribution is -1.99. The van der Waals surface area contributed by atoms with Crippen molar-refractivity contribution in [1.29, 1.82) is 0 Å². The van der Waals surface area contributed by atoms with Crippen LogP contribution in [-0.4, -0.2) is 25.0 Å². The normalized spacial score (nSPS) is 10.8. The van der Waals surface area contributed by atoms with Crippen LogP contribution in [0, 0.1) is 0 Å². The second kappa shape index (κ2) is 4.11. The van der Waals surface area contributed by atoms with Crippen molar-refractivity contribution in [2.75, 3.05) is 0 Å². The molecule has 0 saturated carbocycles. The van der Waals surface area contributed by atoms with E-state index in [1.165, 1.54) is 0 Å². The van der Waals surface area contributed by atoms with Crippen LogP contribution >= 0.6 is 22.7 Å². The molecule has 0 saturated heterocycles. The molecule has 3 aromatic heterocycles. The maximum atomic E-state index is 4.20. The highest BCUT2D eigenvalue weighted by atomic mass is 32.1. The van der Waals surface area contributed by atoms with Crippen molar-refractivity contribution in [3.63, 3.8) is 0 Å². The molecule has 3 rings (SSSR count). The highest BCUT2D eigenvalue weighted by Gasteiger charge is 2.06. The molecule has 0 aliphatic rings. The molecule has 5 nitrogen and oxygen atoms in total. The van der Waals surface area contributed by atoms with Crippen molar-refractivity contribution in [3.8, 4) is 10.7 Å². The molecule has 0 radical (unpaired) electrons. The zero-order chi connectivity index (χ0) is 10.8. The van der Waals surface area contributed by atoms with Crippen LogP contribution in [0.2, 0.25) is 0 Å². The summed E-state index contributed by atoms with van der Waals surface area (Å²) in [6.07, 6.45) is 5.44. The second-order valence-corrected chi connectivity index (χ2v) is 4.94. The summed E-state index contributed by atoms with van der Waals surface area (Å²) in [6, 6.07) is 0. The average molecular weight is 249 g/mol. The van der Waals surface area contributed by atoms with E-state index in [9.17, 15) is 0 Å². The maximum absolute atomic E-state index is 4.20. The van der Waals surface area contributed by atoms with Gasteiger partial charge in [-0.1, -0.05) is 5.21 Å². The van der Waals surface area contributed by atoms with Crippen LogP contribution in [0.5, 0.6) is 0 Å². The summed E-state index contributed by atoms with van der Waals surface area (Å²) in [5.41, 5.74) is 0.812. The Morgan fingerprint density at radius 3 is 2.75 bits per heavy atom. The van der Waals surface area contributed by atoms with E-state index >= 15 is 0 Å². The average Bonchev–Trinajstić information content (AvgIpc) is 2.99. The van der Waals surface area contributed by atoms with Gasteiger partial charge in [-0.15, -0.1) is 27.8 Å². The molecule has 0 bridgehead atoms. The van der Waals surface area contributed by atoms with Crippen LogP contribution in [-0.2, 0) is 6.54 Å². The molecule has 0 atom stereocenters. The molecule has 0 N–H and O–H groups in total. The predicted molar refractivity (Wildman–Crippen MR) is 62.3 cm³/mol. The van der Waals surface area contributed by atoms with Gasteiger partial charge in [-0.2, -0.15) is 0 Å². The van der Waals surface area contributed by atoms with Gasteiger partial charge in [0.1, 0.15) is 15.7 Å². The monoisotopic (exact) mass is 249 g/mol. The van der Waals surface area contributed by atoms with Gasteiger partial charge >= 0.3 is 0 Å². The summed E-state index contributed by atoms with van der Waals surface area (Å²) >= 11 is 3.17. The predicted octanol–water partition coefficient (Wildman–Crippen LogP) is 1.91. The van der Waals surface area contributed by atoms with E-state index < -0.39 is 0 Å². The van der Waals surface area contributed by atoms with Gasteiger partial charge in [0, 0.05) is 23.2 Å². The summed E-state index contributed by atoms with van der Waals surface area (Å²) in [4.78, 5) is 8.39. The minimum Gasteiger partial charge on any atom is -0.248 e. The van der Waals surface area contributed by atoms with Crippen LogP contribution in [0.15, 0.2) is 29.4 Å². The van der Waals surface area contributed by atoms with E-state index in [-0.39, 0.29) is 0 Å². The van der Waals surface area contributed by atoms with Gasteiger partial charge in [-0.25, -0.2) is 14.6 Å². The van der Waals surface area contributed by atoms with Crippen LogP contribution in [0.4, 0.5) is 0 Å². The first-order valence-electron chi connectivity index (χ1n) is 4.60. The largest absolute Gasteiger partial charge is 0.248 e. The Morgan fingerprint density at radius 2 is 2.00 bits per heavy atom. The zero-order valence-corrected chi connectivity index (χ0v) is 9.78. The molecule has 0 fully saturated rings. The first kappa shape index (κ1) is 9.61. The molecular formula is C9H7N5S2. The Balaban J connectivity index is 1.83. The molecule has 0 aliphatic carbocycles. The fourth-order valence-electron chi connectivity index (χ4n) is 1.29. The molecule has 0 unspecified atom stereocenters. The summed E-state index contributed by atoms with van der Waals surface area (Å²) < 4.78 is 1.77. The second-order valence-electron chi connectivity index (χ2n) is 3.06. The lowest BCUT2D eigenvalue weighted by Gasteiger charge is -1.93. The Kier molecular flexibility index (Phi) is 2.47. The van der Waals surface area contributed by atoms with E-state index in [0.29, 0.717) is 6.54 Å². The summed E-state index contributed by atoms with van der Waals surface area (Å²) in [7, 11) is 0. The topological polar surface area (TPSA) is 56.5 Å². The van der Waals surface area contributed by atoms with Gasteiger partial charge in [-0.05, 0) is 0 Å². The van der Waals surface area contributed by atoms with Gasteiger partial charge in [-0.3, -0.25) is 0 Å². The lowest BCUT2D eigenvalue weighted by molar-refractivity contribution is 0.647. The fourth-order valence-corrected chi connectivity index (χ4v) is 2.49.